The van der Waals surface area contributed by atoms with Crippen molar-refractivity contribution >= 4 is 0 Å². The first kappa shape index (κ1) is 13.0. The molecule has 1 aromatic rings. The molecule has 1 aromatic carbocycles. The molecule has 1 heterocycles. The van der Waals surface area contributed by atoms with Crippen molar-refractivity contribution < 1.29 is 22.6 Å². The highest BCUT2D eigenvalue weighted by Crippen LogP contribution is 2.25. The molecule has 1 fully saturated rings. The van der Waals surface area contributed by atoms with Gasteiger partial charge in [0, 0.05) is 6.07 Å². The van der Waals surface area contributed by atoms with Crippen LogP contribution in [0.15, 0.2) is 18.2 Å². The molecule has 0 amide bonds. The number of piperidine rings is 1. The molecule has 1 aliphatic rings. The van der Waals surface area contributed by atoms with Gasteiger partial charge in [0.1, 0.15) is 11.9 Å². The number of rotatable bonds is 4. The Morgan fingerprint density at radius 2 is 1.94 bits per heavy atom. The van der Waals surface area contributed by atoms with Crippen LogP contribution in [-0.4, -0.2) is 25.8 Å². The first-order valence-corrected chi connectivity index (χ1v) is 5.77. The average molecular weight is 261 g/mol. The molecular formula is C12H14F3NO2. The van der Waals surface area contributed by atoms with Gasteiger partial charge in [0.2, 0.25) is 0 Å². The molecule has 1 aliphatic heterocycles. The second-order valence-electron chi connectivity index (χ2n) is 4.04. The van der Waals surface area contributed by atoms with Crippen molar-refractivity contribution in [2.45, 2.75) is 25.6 Å². The summed E-state index contributed by atoms with van der Waals surface area (Å²) in [6, 6.07) is 3.49. The maximum Gasteiger partial charge on any atom is 0.387 e. The molecule has 0 spiro atoms. The molecule has 0 aromatic heterocycles. The Labute approximate surface area is 103 Å². The summed E-state index contributed by atoms with van der Waals surface area (Å²) in [7, 11) is 0. The summed E-state index contributed by atoms with van der Waals surface area (Å²) >= 11 is 0. The van der Waals surface area contributed by atoms with Crippen LogP contribution in [-0.2, 0) is 0 Å². The van der Waals surface area contributed by atoms with Gasteiger partial charge < -0.3 is 14.8 Å². The standard InChI is InChI=1S/C12H14F3NO2/c13-10-7-9(18-12(14)15)1-2-11(10)17-8-3-5-16-6-4-8/h1-2,7-8,12,16H,3-6H2. The van der Waals surface area contributed by atoms with Crippen molar-refractivity contribution in [2.24, 2.45) is 0 Å². The van der Waals surface area contributed by atoms with Gasteiger partial charge in [0.15, 0.2) is 11.6 Å². The highest BCUT2D eigenvalue weighted by molar-refractivity contribution is 5.33. The van der Waals surface area contributed by atoms with Crippen molar-refractivity contribution in [1.29, 1.82) is 0 Å². The van der Waals surface area contributed by atoms with Crippen LogP contribution in [0.2, 0.25) is 0 Å². The molecular weight excluding hydrogens is 247 g/mol. The van der Waals surface area contributed by atoms with Gasteiger partial charge in [0.05, 0.1) is 0 Å². The maximum atomic E-state index is 13.6. The van der Waals surface area contributed by atoms with Gasteiger partial charge in [-0.25, -0.2) is 4.39 Å². The molecule has 0 atom stereocenters. The quantitative estimate of drug-likeness (QED) is 0.903. The van der Waals surface area contributed by atoms with E-state index in [1.807, 2.05) is 0 Å². The Balaban J connectivity index is 2.00. The Kier molecular flexibility index (Phi) is 4.30. The van der Waals surface area contributed by atoms with Gasteiger partial charge in [-0.1, -0.05) is 0 Å². The lowest BCUT2D eigenvalue weighted by molar-refractivity contribution is -0.0500. The van der Waals surface area contributed by atoms with Crippen molar-refractivity contribution in [3.63, 3.8) is 0 Å². The summed E-state index contributed by atoms with van der Waals surface area (Å²) in [5.74, 6) is -0.824. The fourth-order valence-corrected chi connectivity index (χ4v) is 1.85. The molecule has 18 heavy (non-hydrogen) atoms. The molecule has 0 unspecified atom stereocenters. The van der Waals surface area contributed by atoms with Gasteiger partial charge in [-0.15, -0.1) is 0 Å². The van der Waals surface area contributed by atoms with Crippen molar-refractivity contribution in [3.05, 3.63) is 24.0 Å². The molecule has 3 nitrogen and oxygen atoms in total. The Hall–Kier alpha value is -1.43. The average Bonchev–Trinajstić information content (AvgIpc) is 2.33. The van der Waals surface area contributed by atoms with E-state index in [1.54, 1.807) is 0 Å². The van der Waals surface area contributed by atoms with E-state index < -0.39 is 12.4 Å². The minimum absolute atomic E-state index is 0.0392. The summed E-state index contributed by atoms with van der Waals surface area (Å²) in [6.07, 6.45) is 1.56. The van der Waals surface area contributed by atoms with E-state index in [0.29, 0.717) is 0 Å². The monoisotopic (exact) mass is 261 g/mol. The molecule has 0 aliphatic carbocycles. The highest BCUT2D eigenvalue weighted by atomic mass is 19.3. The molecule has 6 heteroatoms. The van der Waals surface area contributed by atoms with Crippen LogP contribution < -0.4 is 14.8 Å². The molecule has 1 N–H and O–H groups in total. The number of alkyl halides is 2. The van der Waals surface area contributed by atoms with Gasteiger partial charge in [0.25, 0.3) is 0 Å². The van der Waals surface area contributed by atoms with E-state index in [1.165, 1.54) is 12.1 Å². The van der Waals surface area contributed by atoms with E-state index in [4.69, 9.17) is 4.74 Å². The number of benzene rings is 1. The number of hydrogen-bond acceptors (Lipinski definition) is 3. The number of ether oxygens (including phenoxy) is 2. The lowest BCUT2D eigenvalue weighted by Crippen LogP contribution is -2.34. The van der Waals surface area contributed by atoms with Crippen LogP contribution in [0.4, 0.5) is 13.2 Å². The van der Waals surface area contributed by atoms with Crippen LogP contribution in [0.25, 0.3) is 0 Å². The molecule has 0 radical (unpaired) electrons. The Morgan fingerprint density at radius 1 is 1.22 bits per heavy atom. The first-order chi connectivity index (χ1) is 8.65. The van der Waals surface area contributed by atoms with Gasteiger partial charge >= 0.3 is 6.61 Å². The van der Waals surface area contributed by atoms with Crippen molar-refractivity contribution in [2.75, 3.05) is 13.1 Å². The predicted octanol–water partition coefficient (Wildman–Crippen LogP) is 2.56. The zero-order valence-electron chi connectivity index (χ0n) is 9.67. The zero-order chi connectivity index (χ0) is 13.0. The molecule has 0 saturated carbocycles. The van der Waals surface area contributed by atoms with Crippen LogP contribution in [0.1, 0.15) is 12.8 Å². The molecule has 2 rings (SSSR count). The zero-order valence-corrected chi connectivity index (χ0v) is 9.67. The van der Waals surface area contributed by atoms with E-state index in [-0.39, 0.29) is 17.6 Å². The van der Waals surface area contributed by atoms with Gasteiger partial charge in [-0.2, -0.15) is 8.78 Å². The summed E-state index contributed by atoms with van der Waals surface area (Å²) in [5, 5.41) is 3.17. The summed E-state index contributed by atoms with van der Waals surface area (Å²) in [6.45, 7) is -1.29. The van der Waals surface area contributed by atoms with Crippen LogP contribution in [0.3, 0.4) is 0 Å². The first-order valence-electron chi connectivity index (χ1n) is 5.77. The summed E-state index contributed by atoms with van der Waals surface area (Å²) < 4.78 is 47.1. The predicted molar refractivity (Wildman–Crippen MR) is 59.6 cm³/mol. The minimum Gasteiger partial charge on any atom is -0.487 e. The lowest BCUT2D eigenvalue weighted by Gasteiger charge is -2.24. The van der Waals surface area contributed by atoms with E-state index in [2.05, 4.69) is 10.1 Å². The Morgan fingerprint density at radius 3 is 2.56 bits per heavy atom. The fraction of sp³-hybridized carbons (Fsp3) is 0.500. The third-order valence-corrected chi connectivity index (χ3v) is 2.71. The van der Waals surface area contributed by atoms with Gasteiger partial charge in [-0.3, -0.25) is 0 Å². The van der Waals surface area contributed by atoms with E-state index in [0.717, 1.165) is 32.0 Å². The fourth-order valence-electron chi connectivity index (χ4n) is 1.85. The van der Waals surface area contributed by atoms with Crippen LogP contribution in [0, 0.1) is 5.82 Å². The molecule has 0 bridgehead atoms. The third-order valence-electron chi connectivity index (χ3n) is 2.71. The van der Waals surface area contributed by atoms with Gasteiger partial charge in [-0.05, 0) is 38.1 Å². The Bertz CT molecular complexity index is 395. The number of nitrogens with one attached hydrogen (secondary N) is 1. The minimum atomic E-state index is -2.96. The van der Waals surface area contributed by atoms with E-state index in [9.17, 15) is 13.2 Å². The lowest BCUT2D eigenvalue weighted by atomic mass is 10.1. The maximum absolute atomic E-state index is 13.6. The summed E-state index contributed by atoms with van der Waals surface area (Å²) in [4.78, 5) is 0. The second kappa shape index (κ2) is 5.95. The number of halogens is 3. The molecule has 1 saturated heterocycles. The van der Waals surface area contributed by atoms with Crippen molar-refractivity contribution in [3.8, 4) is 11.5 Å². The van der Waals surface area contributed by atoms with Crippen LogP contribution in [0.5, 0.6) is 11.5 Å². The smallest absolute Gasteiger partial charge is 0.387 e. The topological polar surface area (TPSA) is 30.5 Å². The van der Waals surface area contributed by atoms with E-state index >= 15 is 0 Å². The normalized spacial score (nSPS) is 16.9. The largest absolute Gasteiger partial charge is 0.487 e. The third kappa shape index (κ3) is 3.53. The van der Waals surface area contributed by atoms with Crippen molar-refractivity contribution in [1.82, 2.24) is 5.32 Å². The second-order valence-corrected chi connectivity index (χ2v) is 4.04. The van der Waals surface area contributed by atoms with Crippen LogP contribution >= 0.6 is 0 Å². The number of hydrogen-bond donors (Lipinski definition) is 1. The SMILES string of the molecule is Fc1cc(OC(F)F)ccc1OC1CCNCC1. The summed E-state index contributed by atoms with van der Waals surface area (Å²) in [5.41, 5.74) is 0. The highest BCUT2D eigenvalue weighted by Gasteiger charge is 2.17. The molecule has 100 valence electrons.